The Morgan fingerprint density at radius 3 is 3.00 bits per heavy atom. The third kappa shape index (κ3) is 3.69. The number of hydrogen-bond donors (Lipinski definition) is 2. The summed E-state index contributed by atoms with van der Waals surface area (Å²) in [6, 6.07) is 6.93. The Balaban J connectivity index is 1.73. The van der Waals surface area contributed by atoms with Crippen LogP contribution in [0, 0.1) is 0 Å². The Labute approximate surface area is 189 Å². The maximum Gasteiger partial charge on any atom is 0.266 e. The van der Waals surface area contributed by atoms with Crippen molar-refractivity contribution in [2.24, 2.45) is 10.7 Å². The first-order valence-electron chi connectivity index (χ1n) is 9.67. The second-order valence-electron chi connectivity index (χ2n) is 7.33. The Bertz CT molecular complexity index is 1170. The van der Waals surface area contributed by atoms with Gasteiger partial charge < -0.3 is 15.8 Å². The normalized spacial score (nSPS) is 24.9. The van der Waals surface area contributed by atoms with Crippen LogP contribution >= 0.6 is 22.9 Å². The van der Waals surface area contributed by atoms with E-state index in [1.54, 1.807) is 6.07 Å². The van der Waals surface area contributed by atoms with Crippen LogP contribution in [0.15, 0.2) is 29.3 Å². The molecule has 0 spiro atoms. The summed E-state index contributed by atoms with van der Waals surface area (Å²) in [5, 5.41) is 2.05. The van der Waals surface area contributed by atoms with Gasteiger partial charge in [0.25, 0.3) is 5.91 Å². The van der Waals surface area contributed by atoms with Gasteiger partial charge >= 0.3 is 0 Å². The molecule has 166 valence electrons. The number of aryl methyl sites for hydroxylation is 1. The van der Waals surface area contributed by atoms with E-state index in [-0.39, 0.29) is 29.9 Å². The maximum absolute atomic E-state index is 13.0. The molecular formula is C19H22ClN5O4S2. The van der Waals surface area contributed by atoms with Crippen LogP contribution in [0.25, 0.3) is 0 Å². The molecule has 0 bridgehead atoms. The lowest BCUT2D eigenvalue weighted by molar-refractivity contribution is 0.0545. The molecule has 1 amide bonds. The number of aromatic nitrogens is 1. The number of nitrogens with zero attached hydrogens (tertiary/aromatic N) is 3. The largest absolute Gasteiger partial charge is 0.380 e. The SMILES string of the molecule is CCc1cccc(NC(=O)c2cc(Cl)c(C34CCOCC3S(=O)(=O)N(C)C(N)=N4)s2)n1. The van der Waals surface area contributed by atoms with Crippen molar-refractivity contribution in [3.63, 3.8) is 0 Å². The van der Waals surface area contributed by atoms with Crippen LogP contribution < -0.4 is 11.1 Å². The van der Waals surface area contributed by atoms with Gasteiger partial charge in [-0.15, -0.1) is 11.3 Å². The molecule has 3 N–H and O–H groups in total. The van der Waals surface area contributed by atoms with Crippen LogP contribution in [0.2, 0.25) is 5.02 Å². The minimum atomic E-state index is -3.81. The van der Waals surface area contributed by atoms with E-state index in [1.807, 2.05) is 19.1 Å². The summed E-state index contributed by atoms with van der Waals surface area (Å²) in [4.78, 5) is 22.6. The highest BCUT2D eigenvalue weighted by molar-refractivity contribution is 7.90. The number of carbonyl (C=O) groups excluding carboxylic acids is 1. The van der Waals surface area contributed by atoms with Crippen molar-refractivity contribution in [1.82, 2.24) is 9.29 Å². The van der Waals surface area contributed by atoms with E-state index in [2.05, 4.69) is 15.3 Å². The van der Waals surface area contributed by atoms with Crippen molar-refractivity contribution in [3.8, 4) is 0 Å². The number of carbonyl (C=O) groups is 1. The fraction of sp³-hybridized carbons (Fsp3) is 0.421. The van der Waals surface area contributed by atoms with Crippen molar-refractivity contribution in [1.29, 1.82) is 0 Å². The van der Waals surface area contributed by atoms with Gasteiger partial charge in [-0.3, -0.25) is 4.79 Å². The van der Waals surface area contributed by atoms with Gasteiger partial charge in [-0.25, -0.2) is 22.7 Å². The Morgan fingerprint density at radius 2 is 2.26 bits per heavy atom. The third-order valence-electron chi connectivity index (χ3n) is 5.52. The molecule has 0 aromatic carbocycles. The number of ether oxygens (including phenoxy) is 1. The average Bonchev–Trinajstić information content (AvgIpc) is 3.15. The highest BCUT2D eigenvalue weighted by atomic mass is 35.5. The molecule has 1 saturated heterocycles. The number of guanidine groups is 1. The number of halogens is 1. The zero-order valence-electron chi connectivity index (χ0n) is 17.0. The summed E-state index contributed by atoms with van der Waals surface area (Å²) >= 11 is 7.63. The average molecular weight is 484 g/mol. The van der Waals surface area contributed by atoms with Gasteiger partial charge in [-0.1, -0.05) is 24.6 Å². The van der Waals surface area contributed by atoms with Gasteiger partial charge in [-0.05, 0) is 24.6 Å². The van der Waals surface area contributed by atoms with E-state index in [0.717, 1.165) is 27.8 Å². The van der Waals surface area contributed by atoms with E-state index >= 15 is 0 Å². The number of pyridine rings is 1. The van der Waals surface area contributed by atoms with Gasteiger partial charge in [0.1, 0.15) is 16.6 Å². The molecule has 4 heterocycles. The zero-order chi connectivity index (χ0) is 22.4. The van der Waals surface area contributed by atoms with Gasteiger partial charge in [0.05, 0.1) is 21.4 Å². The van der Waals surface area contributed by atoms with Crippen molar-refractivity contribution < 1.29 is 17.9 Å². The van der Waals surface area contributed by atoms with Crippen LogP contribution in [-0.2, 0) is 26.7 Å². The van der Waals surface area contributed by atoms with Gasteiger partial charge in [-0.2, -0.15) is 0 Å². The van der Waals surface area contributed by atoms with Crippen LogP contribution in [0.4, 0.5) is 5.82 Å². The van der Waals surface area contributed by atoms with E-state index in [1.165, 1.54) is 13.1 Å². The lowest BCUT2D eigenvalue weighted by Crippen LogP contribution is -2.60. The molecule has 2 aromatic rings. The molecule has 9 nitrogen and oxygen atoms in total. The molecular weight excluding hydrogens is 462 g/mol. The second kappa shape index (κ2) is 8.05. The molecule has 1 fully saturated rings. The molecule has 2 aromatic heterocycles. The molecule has 2 unspecified atom stereocenters. The summed E-state index contributed by atoms with van der Waals surface area (Å²) in [5.41, 5.74) is 5.61. The number of rotatable bonds is 4. The molecule has 0 radical (unpaired) electrons. The molecule has 2 aliphatic heterocycles. The number of fused-ring (bicyclic) bond motifs is 1. The predicted octanol–water partition coefficient (Wildman–Crippen LogP) is 2.19. The third-order valence-corrected chi connectivity index (χ3v) is 9.43. The van der Waals surface area contributed by atoms with E-state index < -0.39 is 20.8 Å². The number of sulfonamides is 1. The first-order valence-corrected chi connectivity index (χ1v) is 12.4. The van der Waals surface area contributed by atoms with Crippen LogP contribution in [0.5, 0.6) is 0 Å². The number of aliphatic imine (C=N–C) groups is 1. The number of hydrogen-bond acceptors (Lipinski definition) is 8. The first kappa shape index (κ1) is 22.0. The van der Waals surface area contributed by atoms with Gasteiger partial charge in [0, 0.05) is 25.8 Å². The Hall–Kier alpha value is -2.21. The number of amides is 1. The highest BCUT2D eigenvalue weighted by Gasteiger charge is 2.56. The maximum atomic E-state index is 13.0. The monoisotopic (exact) mass is 483 g/mol. The number of nitrogens with two attached hydrogens (primary N) is 1. The smallest absolute Gasteiger partial charge is 0.266 e. The minimum Gasteiger partial charge on any atom is -0.380 e. The number of thiophene rings is 1. The molecule has 0 saturated carbocycles. The number of anilines is 1. The predicted molar refractivity (Wildman–Crippen MR) is 120 cm³/mol. The van der Waals surface area contributed by atoms with Crippen molar-refractivity contribution in [3.05, 3.63) is 44.7 Å². The van der Waals surface area contributed by atoms with Gasteiger partial charge in [0.15, 0.2) is 0 Å². The van der Waals surface area contributed by atoms with E-state index in [0.29, 0.717) is 22.2 Å². The molecule has 31 heavy (non-hydrogen) atoms. The Kier molecular flexibility index (Phi) is 5.71. The second-order valence-corrected chi connectivity index (χ2v) is 10.9. The minimum absolute atomic E-state index is 0.0348. The fourth-order valence-electron chi connectivity index (χ4n) is 3.78. The summed E-state index contributed by atoms with van der Waals surface area (Å²) in [5.74, 6) is -0.0671. The van der Waals surface area contributed by atoms with Gasteiger partial charge in [0.2, 0.25) is 16.0 Å². The molecule has 4 rings (SSSR count). The molecule has 0 aliphatic carbocycles. The zero-order valence-corrected chi connectivity index (χ0v) is 19.4. The van der Waals surface area contributed by atoms with Crippen molar-refractivity contribution in [2.75, 3.05) is 25.6 Å². The van der Waals surface area contributed by atoms with Crippen molar-refractivity contribution >= 4 is 50.6 Å². The van der Waals surface area contributed by atoms with E-state index in [9.17, 15) is 13.2 Å². The summed E-state index contributed by atoms with van der Waals surface area (Å²) in [6.45, 7) is 2.24. The van der Waals surface area contributed by atoms with E-state index in [4.69, 9.17) is 22.1 Å². The standard InChI is InChI=1S/C19H22ClN5O4S2/c1-3-11-5-4-6-15(22-11)23-17(26)13-9-12(20)16(30-13)19-7-8-29-10-14(19)31(27,28)25(2)18(21)24-19/h4-6,9,14H,3,7-8,10H2,1-2H3,(H2,21,24)(H,22,23,26). The van der Waals surface area contributed by atoms with Crippen LogP contribution in [-0.4, -0.2) is 55.1 Å². The quantitative estimate of drug-likeness (QED) is 0.686. The highest BCUT2D eigenvalue weighted by Crippen LogP contribution is 2.48. The molecule has 2 aliphatic rings. The topological polar surface area (TPSA) is 127 Å². The summed E-state index contributed by atoms with van der Waals surface area (Å²) in [6.07, 6.45) is 1.03. The number of nitrogens with one attached hydrogen (secondary N) is 1. The van der Waals surface area contributed by atoms with Crippen LogP contribution in [0.3, 0.4) is 0 Å². The molecule has 12 heteroatoms. The van der Waals surface area contributed by atoms with Crippen molar-refractivity contribution in [2.45, 2.75) is 30.6 Å². The first-order chi connectivity index (χ1) is 14.7. The lowest BCUT2D eigenvalue weighted by atomic mass is 9.88. The van der Waals surface area contributed by atoms with Crippen LogP contribution in [0.1, 0.15) is 33.6 Å². The fourth-order valence-corrected chi connectivity index (χ4v) is 7.21. The lowest BCUT2D eigenvalue weighted by Gasteiger charge is -2.45. The summed E-state index contributed by atoms with van der Waals surface area (Å²) in [7, 11) is -2.45. The Morgan fingerprint density at radius 1 is 1.48 bits per heavy atom. The summed E-state index contributed by atoms with van der Waals surface area (Å²) < 4.78 is 32.5. The molecule has 2 atom stereocenters.